The Morgan fingerprint density at radius 2 is 1.89 bits per heavy atom. The van der Waals surface area contributed by atoms with Gasteiger partial charge in [-0.05, 0) is 32.9 Å². The molecule has 0 unspecified atom stereocenters. The molecule has 8 heteroatoms. The van der Waals surface area contributed by atoms with Gasteiger partial charge in [0.05, 0.1) is 40.6 Å². The van der Waals surface area contributed by atoms with E-state index in [1.807, 2.05) is 39.0 Å². The standard InChI is InChI=1S/C20H19N7O/c1-12(16-6-4-5-7-22-16)25-20-24-10-15(17-11-21-8-9-23-17)19(26-20)18-13(2)27-28-14(18)3/h4-12H,1-3H3,(H,24,25,26)/t12-/m0/s1. The topological polar surface area (TPSA) is 103 Å². The van der Waals surface area contributed by atoms with Crippen LogP contribution in [0.2, 0.25) is 0 Å². The maximum Gasteiger partial charge on any atom is 0.223 e. The summed E-state index contributed by atoms with van der Waals surface area (Å²) in [5, 5.41) is 7.37. The molecule has 0 fully saturated rings. The van der Waals surface area contributed by atoms with Crippen molar-refractivity contribution in [2.75, 3.05) is 5.32 Å². The highest BCUT2D eigenvalue weighted by Gasteiger charge is 2.20. The van der Waals surface area contributed by atoms with Crippen molar-refractivity contribution in [3.63, 3.8) is 0 Å². The predicted octanol–water partition coefficient (Wildman–Crippen LogP) is 3.77. The second-order valence-electron chi connectivity index (χ2n) is 6.37. The lowest BCUT2D eigenvalue weighted by molar-refractivity contribution is 0.393. The maximum absolute atomic E-state index is 5.35. The second kappa shape index (κ2) is 7.51. The Kier molecular flexibility index (Phi) is 4.76. The molecule has 1 atom stereocenters. The summed E-state index contributed by atoms with van der Waals surface area (Å²) in [7, 11) is 0. The molecule has 140 valence electrons. The Balaban J connectivity index is 1.78. The van der Waals surface area contributed by atoms with Crippen molar-refractivity contribution >= 4 is 5.95 Å². The molecular weight excluding hydrogens is 354 g/mol. The van der Waals surface area contributed by atoms with Gasteiger partial charge in [-0.1, -0.05) is 11.2 Å². The van der Waals surface area contributed by atoms with Crippen molar-refractivity contribution in [2.24, 2.45) is 0 Å². The van der Waals surface area contributed by atoms with Crippen molar-refractivity contribution in [1.29, 1.82) is 0 Å². The van der Waals surface area contributed by atoms with Crippen molar-refractivity contribution in [3.8, 4) is 22.5 Å². The van der Waals surface area contributed by atoms with Crippen LogP contribution in [0.25, 0.3) is 22.5 Å². The number of nitrogens with one attached hydrogen (secondary N) is 1. The quantitative estimate of drug-likeness (QED) is 0.564. The van der Waals surface area contributed by atoms with E-state index in [1.54, 1.807) is 31.0 Å². The van der Waals surface area contributed by atoms with Gasteiger partial charge in [-0.15, -0.1) is 0 Å². The summed E-state index contributed by atoms with van der Waals surface area (Å²) in [5.74, 6) is 1.17. The van der Waals surface area contributed by atoms with Gasteiger partial charge in [-0.3, -0.25) is 15.0 Å². The van der Waals surface area contributed by atoms with E-state index in [0.717, 1.165) is 22.5 Å². The summed E-state index contributed by atoms with van der Waals surface area (Å²) >= 11 is 0. The summed E-state index contributed by atoms with van der Waals surface area (Å²) in [4.78, 5) is 22.2. The second-order valence-corrected chi connectivity index (χ2v) is 6.37. The SMILES string of the molecule is Cc1noc(C)c1-c1nc(N[C@@H](C)c2ccccn2)ncc1-c1cnccn1. The van der Waals surface area contributed by atoms with Crippen LogP contribution in [-0.2, 0) is 0 Å². The molecule has 1 N–H and O–H groups in total. The molecule has 0 radical (unpaired) electrons. The lowest BCUT2D eigenvalue weighted by atomic mass is 10.0. The van der Waals surface area contributed by atoms with Gasteiger partial charge >= 0.3 is 0 Å². The molecule has 4 aromatic heterocycles. The lowest BCUT2D eigenvalue weighted by Gasteiger charge is -2.15. The summed E-state index contributed by atoms with van der Waals surface area (Å²) in [6.07, 6.45) is 8.46. The molecule has 4 heterocycles. The molecule has 8 nitrogen and oxygen atoms in total. The van der Waals surface area contributed by atoms with E-state index in [0.29, 0.717) is 23.1 Å². The maximum atomic E-state index is 5.35. The average Bonchev–Trinajstić information content (AvgIpc) is 3.07. The molecule has 0 bridgehead atoms. The zero-order chi connectivity index (χ0) is 19.5. The van der Waals surface area contributed by atoms with Crippen molar-refractivity contribution in [3.05, 3.63) is 66.3 Å². The summed E-state index contributed by atoms with van der Waals surface area (Å²) in [6.45, 7) is 5.76. The highest BCUT2D eigenvalue weighted by Crippen LogP contribution is 2.33. The molecule has 0 aliphatic rings. The number of aromatic nitrogens is 6. The third-order valence-electron chi connectivity index (χ3n) is 4.38. The van der Waals surface area contributed by atoms with E-state index in [4.69, 9.17) is 9.51 Å². The van der Waals surface area contributed by atoms with E-state index in [-0.39, 0.29) is 6.04 Å². The molecule has 0 aliphatic heterocycles. The first kappa shape index (κ1) is 17.7. The average molecular weight is 373 g/mol. The molecule has 0 saturated heterocycles. The highest BCUT2D eigenvalue weighted by molar-refractivity contribution is 5.80. The van der Waals surface area contributed by atoms with Gasteiger partial charge < -0.3 is 9.84 Å². The minimum Gasteiger partial charge on any atom is -0.361 e. The Hall–Kier alpha value is -3.68. The van der Waals surface area contributed by atoms with E-state index in [1.165, 1.54) is 0 Å². The van der Waals surface area contributed by atoms with Gasteiger partial charge in [0.15, 0.2) is 0 Å². The number of hydrogen-bond acceptors (Lipinski definition) is 8. The number of aryl methyl sites for hydroxylation is 2. The van der Waals surface area contributed by atoms with Gasteiger partial charge in [-0.25, -0.2) is 9.97 Å². The number of rotatable bonds is 5. The number of nitrogens with zero attached hydrogens (tertiary/aromatic N) is 6. The number of hydrogen-bond donors (Lipinski definition) is 1. The zero-order valence-electron chi connectivity index (χ0n) is 15.8. The van der Waals surface area contributed by atoms with E-state index in [9.17, 15) is 0 Å². The highest BCUT2D eigenvalue weighted by atomic mass is 16.5. The van der Waals surface area contributed by atoms with Gasteiger partial charge in [0.2, 0.25) is 5.95 Å². The Labute approximate surface area is 162 Å². The molecule has 0 spiro atoms. The van der Waals surface area contributed by atoms with E-state index < -0.39 is 0 Å². The molecule has 0 saturated carbocycles. The summed E-state index contributed by atoms with van der Waals surface area (Å²) in [5.41, 5.74) is 4.63. The van der Waals surface area contributed by atoms with Crippen LogP contribution in [0.4, 0.5) is 5.95 Å². The predicted molar refractivity (Wildman–Crippen MR) is 104 cm³/mol. The molecule has 4 rings (SSSR count). The fourth-order valence-electron chi connectivity index (χ4n) is 2.99. The third-order valence-corrected chi connectivity index (χ3v) is 4.38. The number of anilines is 1. The first-order valence-corrected chi connectivity index (χ1v) is 8.87. The van der Waals surface area contributed by atoms with Crippen LogP contribution >= 0.6 is 0 Å². The van der Waals surface area contributed by atoms with Crippen LogP contribution in [0.3, 0.4) is 0 Å². The van der Waals surface area contributed by atoms with Crippen LogP contribution in [0.15, 0.2) is 53.7 Å². The fraction of sp³-hybridized carbons (Fsp3) is 0.200. The largest absolute Gasteiger partial charge is 0.361 e. The monoisotopic (exact) mass is 373 g/mol. The van der Waals surface area contributed by atoms with Crippen molar-refractivity contribution in [2.45, 2.75) is 26.8 Å². The number of pyridine rings is 1. The molecule has 0 aliphatic carbocycles. The van der Waals surface area contributed by atoms with Crippen LogP contribution in [-0.4, -0.2) is 30.1 Å². The van der Waals surface area contributed by atoms with Crippen LogP contribution in [0, 0.1) is 13.8 Å². The first-order chi connectivity index (χ1) is 13.6. The summed E-state index contributed by atoms with van der Waals surface area (Å²) in [6, 6.07) is 5.74. The zero-order valence-corrected chi connectivity index (χ0v) is 15.8. The first-order valence-electron chi connectivity index (χ1n) is 8.87. The molecule has 0 aromatic carbocycles. The van der Waals surface area contributed by atoms with Crippen LogP contribution in [0.1, 0.15) is 30.1 Å². The minimum absolute atomic E-state index is 0.0546. The van der Waals surface area contributed by atoms with Crippen molar-refractivity contribution in [1.82, 2.24) is 30.1 Å². The summed E-state index contributed by atoms with van der Waals surface area (Å²) < 4.78 is 5.35. The van der Waals surface area contributed by atoms with E-state index >= 15 is 0 Å². The van der Waals surface area contributed by atoms with Gasteiger partial charge in [0.25, 0.3) is 0 Å². The van der Waals surface area contributed by atoms with E-state index in [2.05, 4.69) is 30.4 Å². The van der Waals surface area contributed by atoms with Crippen LogP contribution < -0.4 is 5.32 Å². The molecule has 4 aromatic rings. The van der Waals surface area contributed by atoms with Gasteiger partial charge in [0, 0.05) is 30.4 Å². The molecule has 28 heavy (non-hydrogen) atoms. The Morgan fingerprint density at radius 1 is 1.00 bits per heavy atom. The van der Waals surface area contributed by atoms with Gasteiger partial charge in [0.1, 0.15) is 5.76 Å². The van der Waals surface area contributed by atoms with Gasteiger partial charge in [-0.2, -0.15) is 0 Å². The normalized spacial score (nSPS) is 12.0. The smallest absolute Gasteiger partial charge is 0.223 e. The molecule has 0 amide bonds. The lowest BCUT2D eigenvalue weighted by Crippen LogP contribution is -2.11. The van der Waals surface area contributed by atoms with Crippen molar-refractivity contribution < 1.29 is 4.52 Å². The fourth-order valence-corrected chi connectivity index (χ4v) is 2.99. The Bertz CT molecular complexity index is 1060. The minimum atomic E-state index is -0.0546. The van der Waals surface area contributed by atoms with Crippen LogP contribution in [0.5, 0.6) is 0 Å². The third kappa shape index (κ3) is 3.44. The Morgan fingerprint density at radius 3 is 2.57 bits per heavy atom. The molecular formula is C20H19N7O.